The molecule has 0 bridgehead atoms. The molecule has 6 heteroatoms. The number of aromatic nitrogens is 3. The first-order chi connectivity index (χ1) is 12.3. The molecule has 4 rings (SSSR count). The van der Waals surface area contributed by atoms with E-state index in [1.807, 2.05) is 36.4 Å². The highest BCUT2D eigenvalue weighted by Crippen LogP contribution is 2.28. The van der Waals surface area contributed by atoms with Crippen LogP contribution in [0.15, 0.2) is 36.9 Å². The SMILES string of the molecule is Cn1cc(CN2CC[C@@H](N3CCOCC3)[C@@H]2Cc2cccnc2)cn1. The summed E-state index contributed by atoms with van der Waals surface area (Å²) in [6, 6.07) is 5.35. The van der Waals surface area contributed by atoms with Crippen molar-refractivity contribution in [2.45, 2.75) is 31.5 Å². The molecular weight excluding hydrogens is 314 g/mol. The summed E-state index contributed by atoms with van der Waals surface area (Å²) < 4.78 is 7.45. The third kappa shape index (κ3) is 3.92. The van der Waals surface area contributed by atoms with Crippen LogP contribution < -0.4 is 0 Å². The third-order valence-corrected chi connectivity index (χ3v) is 5.45. The molecule has 0 amide bonds. The summed E-state index contributed by atoms with van der Waals surface area (Å²) in [7, 11) is 1.98. The number of hydrogen-bond donors (Lipinski definition) is 0. The van der Waals surface area contributed by atoms with Crippen molar-refractivity contribution in [3.05, 3.63) is 48.0 Å². The van der Waals surface area contributed by atoms with E-state index in [0.29, 0.717) is 12.1 Å². The second-order valence-electron chi connectivity index (χ2n) is 7.13. The first-order valence-electron chi connectivity index (χ1n) is 9.22. The molecule has 0 radical (unpaired) electrons. The fourth-order valence-electron chi connectivity index (χ4n) is 4.24. The average Bonchev–Trinajstić information content (AvgIpc) is 3.23. The molecule has 2 atom stereocenters. The van der Waals surface area contributed by atoms with Gasteiger partial charge in [-0.05, 0) is 24.5 Å². The molecule has 0 saturated carbocycles. The predicted molar refractivity (Wildman–Crippen MR) is 96.1 cm³/mol. The number of ether oxygens (including phenoxy) is 1. The molecule has 2 aromatic heterocycles. The number of aryl methyl sites for hydroxylation is 1. The molecule has 2 aromatic rings. The second-order valence-corrected chi connectivity index (χ2v) is 7.13. The van der Waals surface area contributed by atoms with Crippen LogP contribution in [0.5, 0.6) is 0 Å². The van der Waals surface area contributed by atoms with Gasteiger partial charge < -0.3 is 4.74 Å². The van der Waals surface area contributed by atoms with Gasteiger partial charge in [0.2, 0.25) is 0 Å². The van der Waals surface area contributed by atoms with Gasteiger partial charge in [0.05, 0.1) is 19.4 Å². The summed E-state index contributed by atoms with van der Waals surface area (Å²) in [5.41, 5.74) is 2.62. The zero-order valence-electron chi connectivity index (χ0n) is 14.9. The Kier molecular flexibility index (Phi) is 5.10. The molecule has 2 fully saturated rings. The van der Waals surface area contributed by atoms with Gasteiger partial charge in [0.25, 0.3) is 0 Å². The molecule has 0 aromatic carbocycles. The van der Waals surface area contributed by atoms with E-state index in [1.165, 1.54) is 17.5 Å². The maximum Gasteiger partial charge on any atom is 0.0594 e. The number of nitrogens with zero attached hydrogens (tertiary/aromatic N) is 5. The van der Waals surface area contributed by atoms with Crippen LogP contribution in [0.1, 0.15) is 17.5 Å². The van der Waals surface area contributed by atoms with Gasteiger partial charge in [-0.1, -0.05) is 6.07 Å². The highest BCUT2D eigenvalue weighted by atomic mass is 16.5. The average molecular weight is 341 g/mol. The lowest BCUT2D eigenvalue weighted by molar-refractivity contribution is 0.00788. The van der Waals surface area contributed by atoms with Crippen molar-refractivity contribution in [3.8, 4) is 0 Å². The Hall–Kier alpha value is -1.76. The highest BCUT2D eigenvalue weighted by Gasteiger charge is 2.38. The van der Waals surface area contributed by atoms with Crippen molar-refractivity contribution in [1.29, 1.82) is 0 Å². The van der Waals surface area contributed by atoms with Crippen molar-refractivity contribution in [2.24, 2.45) is 7.05 Å². The first kappa shape index (κ1) is 16.7. The monoisotopic (exact) mass is 341 g/mol. The van der Waals surface area contributed by atoms with Gasteiger partial charge in [-0.25, -0.2) is 0 Å². The minimum Gasteiger partial charge on any atom is -0.379 e. The summed E-state index contributed by atoms with van der Waals surface area (Å²) in [4.78, 5) is 9.57. The van der Waals surface area contributed by atoms with E-state index in [2.05, 4.69) is 32.1 Å². The van der Waals surface area contributed by atoms with Gasteiger partial charge in [0.15, 0.2) is 0 Å². The fourth-order valence-corrected chi connectivity index (χ4v) is 4.24. The first-order valence-corrected chi connectivity index (χ1v) is 9.22. The highest BCUT2D eigenvalue weighted by molar-refractivity contribution is 5.14. The topological polar surface area (TPSA) is 46.4 Å². The van der Waals surface area contributed by atoms with Crippen LogP contribution in [0.3, 0.4) is 0 Å². The summed E-state index contributed by atoms with van der Waals surface area (Å²) in [6.45, 7) is 5.93. The van der Waals surface area contributed by atoms with E-state index in [9.17, 15) is 0 Å². The molecule has 0 aliphatic carbocycles. The van der Waals surface area contributed by atoms with Crippen molar-refractivity contribution in [3.63, 3.8) is 0 Å². The maximum absolute atomic E-state index is 5.56. The molecule has 2 saturated heterocycles. The normalized spacial score (nSPS) is 25.5. The molecule has 134 valence electrons. The smallest absolute Gasteiger partial charge is 0.0594 e. The van der Waals surface area contributed by atoms with E-state index < -0.39 is 0 Å². The standard InChI is InChI=1S/C19H27N5O/c1-22-14-17(13-21-22)15-24-6-4-18(23-7-9-25-10-8-23)19(24)11-16-3-2-5-20-12-16/h2-3,5,12-14,18-19H,4,6-11,15H2,1H3/t18-,19+/m1/s1. The van der Waals surface area contributed by atoms with Crippen LogP contribution in [0.4, 0.5) is 0 Å². The van der Waals surface area contributed by atoms with Gasteiger partial charge in [-0.3, -0.25) is 19.5 Å². The van der Waals surface area contributed by atoms with Crippen molar-refractivity contribution in [2.75, 3.05) is 32.8 Å². The number of likely N-dealkylation sites (tertiary alicyclic amines) is 1. The van der Waals surface area contributed by atoms with E-state index in [1.54, 1.807) is 0 Å². The molecule has 4 heterocycles. The Bertz CT molecular complexity index is 667. The zero-order chi connectivity index (χ0) is 17.1. The molecule has 25 heavy (non-hydrogen) atoms. The fraction of sp³-hybridized carbons (Fsp3) is 0.579. The second kappa shape index (κ2) is 7.64. The molecule has 6 nitrogen and oxygen atoms in total. The van der Waals surface area contributed by atoms with E-state index in [4.69, 9.17) is 4.74 Å². The molecule has 0 N–H and O–H groups in total. The number of pyridine rings is 1. The quantitative estimate of drug-likeness (QED) is 0.821. The summed E-state index contributed by atoms with van der Waals surface area (Å²) in [5, 5.41) is 4.33. The Labute approximate surface area is 149 Å². The van der Waals surface area contributed by atoms with Crippen molar-refractivity contribution in [1.82, 2.24) is 24.6 Å². The van der Waals surface area contributed by atoms with E-state index in [-0.39, 0.29) is 0 Å². The Morgan fingerprint density at radius 2 is 2.04 bits per heavy atom. The van der Waals surface area contributed by atoms with E-state index >= 15 is 0 Å². The Balaban J connectivity index is 1.52. The van der Waals surface area contributed by atoms with Gasteiger partial charge in [0.1, 0.15) is 0 Å². The minimum atomic E-state index is 0.516. The number of rotatable bonds is 5. The van der Waals surface area contributed by atoms with E-state index in [0.717, 1.165) is 45.8 Å². The van der Waals surface area contributed by atoms with Crippen molar-refractivity contribution >= 4 is 0 Å². The van der Waals surface area contributed by atoms with Gasteiger partial charge in [-0.15, -0.1) is 0 Å². The van der Waals surface area contributed by atoms with Crippen molar-refractivity contribution < 1.29 is 4.74 Å². The third-order valence-electron chi connectivity index (χ3n) is 5.45. The van der Waals surface area contributed by atoms with Crippen LogP contribution in [-0.2, 0) is 24.8 Å². The number of morpholine rings is 1. The number of hydrogen-bond acceptors (Lipinski definition) is 5. The lowest BCUT2D eigenvalue weighted by Crippen LogP contribution is -2.50. The van der Waals surface area contributed by atoms with Crippen LogP contribution in [0.25, 0.3) is 0 Å². The van der Waals surface area contributed by atoms with Crippen LogP contribution in [0, 0.1) is 0 Å². The molecule has 2 aliphatic heterocycles. The molecular formula is C19H27N5O. The van der Waals surface area contributed by atoms with Crippen LogP contribution in [0.2, 0.25) is 0 Å². The summed E-state index contributed by atoms with van der Waals surface area (Å²) in [5.74, 6) is 0. The Morgan fingerprint density at radius 3 is 2.76 bits per heavy atom. The molecule has 0 unspecified atom stereocenters. The van der Waals surface area contributed by atoms with Gasteiger partial charge in [-0.2, -0.15) is 5.10 Å². The van der Waals surface area contributed by atoms with Gasteiger partial charge >= 0.3 is 0 Å². The minimum absolute atomic E-state index is 0.516. The lowest BCUT2D eigenvalue weighted by Gasteiger charge is -2.37. The molecule has 0 spiro atoms. The summed E-state index contributed by atoms with van der Waals surface area (Å²) >= 11 is 0. The van der Waals surface area contributed by atoms with Crippen LogP contribution >= 0.6 is 0 Å². The van der Waals surface area contributed by atoms with Crippen LogP contribution in [-0.4, -0.2) is 69.5 Å². The maximum atomic E-state index is 5.56. The van der Waals surface area contributed by atoms with Gasteiger partial charge in [0, 0.05) is 69.5 Å². The summed E-state index contributed by atoms with van der Waals surface area (Å²) in [6.07, 6.45) is 10.3. The zero-order valence-corrected chi connectivity index (χ0v) is 14.9. The Morgan fingerprint density at radius 1 is 1.16 bits per heavy atom. The lowest BCUT2D eigenvalue weighted by atomic mass is 9.99. The largest absolute Gasteiger partial charge is 0.379 e. The predicted octanol–water partition coefficient (Wildman–Crippen LogP) is 1.33. The molecule has 2 aliphatic rings.